The van der Waals surface area contributed by atoms with E-state index in [4.69, 9.17) is 4.74 Å². The van der Waals surface area contributed by atoms with Crippen LogP contribution in [-0.2, 0) is 14.3 Å². The highest BCUT2D eigenvalue weighted by Gasteiger charge is 2.40. The maximum Gasteiger partial charge on any atom is 0.333 e. The smallest absolute Gasteiger partial charge is 0.333 e. The summed E-state index contributed by atoms with van der Waals surface area (Å²) < 4.78 is 5.39. The summed E-state index contributed by atoms with van der Waals surface area (Å²) in [5.74, 6) is 0.0677. The van der Waals surface area contributed by atoms with Crippen molar-refractivity contribution in [3.8, 4) is 0 Å². The standard InChI is InChI=1S/C14H22O3/c1-9(2)13(16)17-14(4,5)11-7-6-10(3)8-12(11)15/h10-11H,1,6-8H2,2-5H3. The second-order valence-electron chi connectivity index (χ2n) is 5.68. The van der Waals surface area contributed by atoms with Gasteiger partial charge in [0.2, 0.25) is 0 Å². The quantitative estimate of drug-likeness (QED) is 0.561. The van der Waals surface area contributed by atoms with Crippen LogP contribution < -0.4 is 0 Å². The van der Waals surface area contributed by atoms with Crippen LogP contribution in [0.15, 0.2) is 12.2 Å². The van der Waals surface area contributed by atoms with Crippen LogP contribution in [0.5, 0.6) is 0 Å². The molecule has 0 bridgehead atoms. The zero-order chi connectivity index (χ0) is 13.2. The van der Waals surface area contributed by atoms with Gasteiger partial charge in [0.05, 0.1) is 5.92 Å². The molecular weight excluding hydrogens is 216 g/mol. The SMILES string of the molecule is C=C(C)C(=O)OC(C)(C)C1CCC(C)CC1=O. The van der Waals surface area contributed by atoms with Crippen LogP contribution in [0.1, 0.15) is 47.0 Å². The van der Waals surface area contributed by atoms with Crippen LogP contribution in [0.4, 0.5) is 0 Å². The second kappa shape index (κ2) is 5.03. The summed E-state index contributed by atoms with van der Waals surface area (Å²) >= 11 is 0. The zero-order valence-corrected chi connectivity index (χ0v) is 11.2. The van der Waals surface area contributed by atoms with Gasteiger partial charge in [0.25, 0.3) is 0 Å². The van der Waals surface area contributed by atoms with Gasteiger partial charge in [-0.3, -0.25) is 4.79 Å². The molecule has 1 aliphatic carbocycles. The summed E-state index contributed by atoms with van der Waals surface area (Å²) in [5.41, 5.74) is -0.359. The monoisotopic (exact) mass is 238 g/mol. The lowest BCUT2D eigenvalue weighted by Crippen LogP contribution is -2.43. The lowest BCUT2D eigenvalue weighted by molar-refractivity contribution is -0.161. The number of carbonyl (C=O) groups is 2. The molecule has 1 saturated carbocycles. The molecule has 0 radical (unpaired) electrons. The summed E-state index contributed by atoms with van der Waals surface area (Å²) in [6.45, 7) is 10.9. The summed E-state index contributed by atoms with van der Waals surface area (Å²) in [7, 11) is 0. The molecule has 1 rings (SSSR count). The van der Waals surface area contributed by atoms with Gasteiger partial charge in [0, 0.05) is 12.0 Å². The Hall–Kier alpha value is -1.12. The van der Waals surface area contributed by atoms with Gasteiger partial charge in [0.15, 0.2) is 0 Å². The number of hydrogen-bond donors (Lipinski definition) is 0. The van der Waals surface area contributed by atoms with Gasteiger partial charge in [-0.2, -0.15) is 0 Å². The highest BCUT2D eigenvalue weighted by Crippen LogP contribution is 2.35. The van der Waals surface area contributed by atoms with Crippen LogP contribution in [-0.4, -0.2) is 17.4 Å². The van der Waals surface area contributed by atoms with Crippen molar-refractivity contribution in [2.45, 2.75) is 52.6 Å². The van der Waals surface area contributed by atoms with Gasteiger partial charge < -0.3 is 4.74 Å². The maximum atomic E-state index is 12.0. The van der Waals surface area contributed by atoms with Crippen LogP contribution in [0.2, 0.25) is 0 Å². The summed E-state index contributed by atoms with van der Waals surface area (Å²) in [4.78, 5) is 23.5. The molecular formula is C14H22O3. The molecule has 3 nitrogen and oxygen atoms in total. The lowest BCUT2D eigenvalue weighted by Gasteiger charge is -2.36. The summed E-state index contributed by atoms with van der Waals surface area (Å²) in [5, 5.41) is 0. The number of rotatable bonds is 3. The predicted molar refractivity (Wildman–Crippen MR) is 66.5 cm³/mol. The summed E-state index contributed by atoms with van der Waals surface area (Å²) in [6.07, 6.45) is 2.42. The van der Waals surface area contributed by atoms with Crippen molar-refractivity contribution in [2.75, 3.05) is 0 Å². The van der Waals surface area contributed by atoms with Crippen molar-refractivity contribution in [1.82, 2.24) is 0 Å². The minimum absolute atomic E-state index is 0.179. The Labute approximate surface area is 103 Å². The first-order chi connectivity index (χ1) is 7.74. The summed E-state index contributed by atoms with van der Waals surface area (Å²) in [6, 6.07) is 0. The Morgan fingerprint density at radius 1 is 1.41 bits per heavy atom. The Morgan fingerprint density at radius 2 is 2.00 bits per heavy atom. The molecule has 0 amide bonds. The van der Waals surface area contributed by atoms with Gasteiger partial charge in [0.1, 0.15) is 11.4 Å². The largest absolute Gasteiger partial charge is 0.456 e. The predicted octanol–water partition coefficient (Wildman–Crippen LogP) is 2.89. The maximum absolute atomic E-state index is 12.0. The van der Waals surface area contributed by atoms with E-state index >= 15 is 0 Å². The molecule has 0 saturated heterocycles. The van der Waals surface area contributed by atoms with Crippen LogP contribution >= 0.6 is 0 Å². The van der Waals surface area contributed by atoms with Gasteiger partial charge in [-0.1, -0.05) is 13.5 Å². The molecule has 0 aromatic heterocycles. The Morgan fingerprint density at radius 3 is 2.47 bits per heavy atom. The third-order valence-corrected chi connectivity index (χ3v) is 3.43. The molecule has 0 aromatic rings. The van der Waals surface area contributed by atoms with E-state index in [1.807, 2.05) is 13.8 Å². The zero-order valence-electron chi connectivity index (χ0n) is 11.2. The van der Waals surface area contributed by atoms with E-state index in [2.05, 4.69) is 13.5 Å². The van der Waals surface area contributed by atoms with E-state index in [-0.39, 0.29) is 11.7 Å². The number of Topliss-reactive ketones (excluding diaryl/α,β-unsaturated/α-hetero) is 1. The van der Waals surface area contributed by atoms with E-state index in [1.54, 1.807) is 6.92 Å². The van der Waals surface area contributed by atoms with Gasteiger partial charge in [-0.15, -0.1) is 0 Å². The Balaban J connectivity index is 2.73. The molecule has 2 unspecified atom stereocenters. The fraction of sp³-hybridized carbons (Fsp3) is 0.714. The average Bonchev–Trinajstić information content (AvgIpc) is 2.15. The molecule has 2 atom stereocenters. The first kappa shape index (κ1) is 13.9. The molecule has 0 spiro atoms. The molecule has 96 valence electrons. The first-order valence-corrected chi connectivity index (χ1v) is 6.15. The first-order valence-electron chi connectivity index (χ1n) is 6.15. The normalized spacial score (nSPS) is 25.5. The average molecular weight is 238 g/mol. The van der Waals surface area contributed by atoms with Gasteiger partial charge >= 0.3 is 5.97 Å². The van der Waals surface area contributed by atoms with Crippen molar-refractivity contribution >= 4 is 11.8 Å². The molecule has 0 heterocycles. The molecule has 1 aliphatic rings. The lowest BCUT2D eigenvalue weighted by atomic mass is 9.74. The van der Waals surface area contributed by atoms with E-state index in [9.17, 15) is 9.59 Å². The van der Waals surface area contributed by atoms with Crippen LogP contribution in [0.3, 0.4) is 0 Å². The van der Waals surface area contributed by atoms with E-state index < -0.39 is 11.6 Å². The number of ketones is 1. The number of hydrogen-bond acceptors (Lipinski definition) is 3. The van der Waals surface area contributed by atoms with Gasteiger partial charge in [-0.05, 0) is 39.5 Å². The van der Waals surface area contributed by atoms with E-state index in [1.165, 1.54) is 0 Å². The number of esters is 1. The molecule has 1 fully saturated rings. The van der Waals surface area contributed by atoms with Crippen LogP contribution in [0.25, 0.3) is 0 Å². The topological polar surface area (TPSA) is 43.4 Å². The van der Waals surface area contributed by atoms with Crippen LogP contribution in [0, 0.1) is 11.8 Å². The molecule has 0 aromatic carbocycles. The van der Waals surface area contributed by atoms with Crippen molar-refractivity contribution in [2.24, 2.45) is 11.8 Å². The third-order valence-electron chi connectivity index (χ3n) is 3.43. The molecule has 0 aliphatic heterocycles. The van der Waals surface area contributed by atoms with E-state index in [0.29, 0.717) is 17.9 Å². The minimum Gasteiger partial charge on any atom is -0.456 e. The van der Waals surface area contributed by atoms with Crippen molar-refractivity contribution in [3.63, 3.8) is 0 Å². The van der Waals surface area contributed by atoms with E-state index in [0.717, 1.165) is 12.8 Å². The highest BCUT2D eigenvalue weighted by molar-refractivity contribution is 5.88. The number of carbonyl (C=O) groups excluding carboxylic acids is 2. The number of ether oxygens (including phenoxy) is 1. The molecule has 0 N–H and O–H groups in total. The molecule has 3 heteroatoms. The fourth-order valence-electron chi connectivity index (χ4n) is 2.33. The Kier molecular flexibility index (Phi) is 4.12. The van der Waals surface area contributed by atoms with Crippen molar-refractivity contribution in [3.05, 3.63) is 12.2 Å². The van der Waals surface area contributed by atoms with Crippen molar-refractivity contribution < 1.29 is 14.3 Å². The second-order valence-corrected chi connectivity index (χ2v) is 5.68. The fourth-order valence-corrected chi connectivity index (χ4v) is 2.33. The molecule has 17 heavy (non-hydrogen) atoms. The highest BCUT2D eigenvalue weighted by atomic mass is 16.6. The third kappa shape index (κ3) is 3.42. The van der Waals surface area contributed by atoms with Crippen molar-refractivity contribution in [1.29, 1.82) is 0 Å². The minimum atomic E-state index is -0.729. The Bertz CT molecular complexity index is 341. The van der Waals surface area contributed by atoms with Gasteiger partial charge in [-0.25, -0.2) is 4.79 Å².